The molecule has 1 aromatic rings. The average molecular weight is 328 g/mol. The van der Waals surface area contributed by atoms with Gasteiger partial charge in [-0.05, 0) is 56.6 Å². The van der Waals surface area contributed by atoms with Gasteiger partial charge in [-0.3, -0.25) is 9.59 Å². The van der Waals surface area contributed by atoms with Gasteiger partial charge in [0.1, 0.15) is 0 Å². The summed E-state index contributed by atoms with van der Waals surface area (Å²) in [5, 5.41) is 3.27. The highest BCUT2D eigenvalue weighted by Gasteiger charge is 2.33. The summed E-state index contributed by atoms with van der Waals surface area (Å²) in [5.41, 5.74) is 2.56. The first-order valence-corrected chi connectivity index (χ1v) is 9.12. The number of fused-ring (bicyclic) bond motifs is 1. The van der Waals surface area contributed by atoms with Crippen LogP contribution >= 0.6 is 0 Å². The van der Waals surface area contributed by atoms with Crippen molar-refractivity contribution in [3.05, 3.63) is 35.4 Å². The van der Waals surface area contributed by atoms with Crippen LogP contribution in [0.3, 0.4) is 0 Å². The molecule has 1 aliphatic carbocycles. The number of likely N-dealkylation sites (tertiary alicyclic amines) is 1. The number of carbonyl (C=O) groups is 2. The topological polar surface area (TPSA) is 49.4 Å². The minimum Gasteiger partial charge on any atom is -0.351 e. The zero-order chi connectivity index (χ0) is 17.2. The van der Waals surface area contributed by atoms with Crippen molar-refractivity contribution in [1.82, 2.24) is 10.2 Å². The summed E-state index contributed by atoms with van der Waals surface area (Å²) >= 11 is 0. The predicted octanol–water partition coefficient (Wildman–Crippen LogP) is 2.84. The number of aryl methyl sites for hydroxylation is 1. The Hall–Kier alpha value is -1.84. The van der Waals surface area contributed by atoms with E-state index in [4.69, 9.17) is 0 Å². The Kier molecular flexibility index (Phi) is 4.93. The summed E-state index contributed by atoms with van der Waals surface area (Å²) in [4.78, 5) is 26.3. The van der Waals surface area contributed by atoms with Crippen molar-refractivity contribution in [3.8, 4) is 0 Å². The highest BCUT2D eigenvalue weighted by Crippen LogP contribution is 2.29. The number of hydrogen-bond acceptors (Lipinski definition) is 2. The first-order valence-electron chi connectivity index (χ1n) is 9.12. The molecule has 1 aliphatic heterocycles. The van der Waals surface area contributed by atoms with E-state index in [0.29, 0.717) is 6.42 Å². The van der Waals surface area contributed by atoms with Gasteiger partial charge in [-0.15, -0.1) is 0 Å². The smallest absolute Gasteiger partial charge is 0.222 e. The van der Waals surface area contributed by atoms with Crippen LogP contribution in [0.5, 0.6) is 0 Å². The van der Waals surface area contributed by atoms with E-state index in [9.17, 15) is 9.59 Å². The third-order valence-corrected chi connectivity index (χ3v) is 5.54. The molecule has 1 heterocycles. The molecule has 0 unspecified atom stereocenters. The van der Waals surface area contributed by atoms with Crippen molar-refractivity contribution in [3.63, 3.8) is 0 Å². The summed E-state index contributed by atoms with van der Waals surface area (Å²) in [6.07, 6.45) is 6.38. The summed E-state index contributed by atoms with van der Waals surface area (Å²) in [6, 6.07) is 8.57. The number of hydrogen-bond donors (Lipinski definition) is 1. The lowest BCUT2D eigenvalue weighted by molar-refractivity contribution is -0.134. The normalized spacial score (nSPS) is 26.6. The van der Waals surface area contributed by atoms with Crippen LogP contribution in [0, 0.1) is 0 Å². The van der Waals surface area contributed by atoms with Crippen LogP contribution in [0.4, 0.5) is 0 Å². The lowest BCUT2D eigenvalue weighted by Crippen LogP contribution is -2.52. The van der Waals surface area contributed by atoms with Gasteiger partial charge in [-0.1, -0.05) is 24.3 Å². The number of carbonyl (C=O) groups excluding carboxylic acids is 2. The van der Waals surface area contributed by atoms with Crippen LogP contribution in [-0.4, -0.2) is 34.8 Å². The Morgan fingerprint density at radius 1 is 1.25 bits per heavy atom. The van der Waals surface area contributed by atoms with Crippen LogP contribution in [-0.2, 0) is 22.4 Å². The minimum atomic E-state index is -0.179. The van der Waals surface area contributed by atoms with Gasteiger partial charge in [0.25, 0.3) is 0 Å². The van der Waals surface area contributed by atoms with Crippen molar-refractivity contribution in [2.45, 2.75) is 70.4 Å². The Morgan fingerprint density at radius 3 is 2.75 bits per heavy atom. The third kappa shape index (κ3) is 3.80. The maximum absolute atomic E-state index is 12.6. The molecule has 2 aliphatic rings. The Balaban J connectivity index is 1.61. The second-order valence-corrected chi connectivity index (χ2v) is 7.62. The van der Waals surface area contributed by atoms with E-state index in [1.54, 1.807) is 6.92 Å². The molecule has 0 bridgehead atoms. The molecule has 3 rings (SSSR count). The lowest BCUT2D eigenvalue weighted by atomic mass is 9.79. The maximum Gasteiger partial charge on any atom is 0.222 e. The summed E-state index contributed by atoms with van der Waals surface area (Å²) in [5.74, 6) is 0.167. The monoisotopic (exact) mass is 328 g/mol. The predicted molar refractivity (Wildman–Crippen MR) is 94.7 cm³/mol. The minimum absolute atomic E-state index is 0.0655. The van der Waals surface area contributed by atoms with Crippen molar-refractivity contribution in [1.29, 1.82) is 0 Å². The first kappa shape index (κ1) is 17.0. The van der Waals surface area contributed by atoms with Crippen LogP contribution in [0.15, 0.2) is 24.3 Å². The fraction of sp³-hybridized carbons (Fsp3) is 0.600. The Morgan fingerprint density at radius 2 is 2.00 bits per heavy atom. The third-order valence-electron chi connectivity index (χ3n) is 5.54. The van der Waals surface area contributed by atoms with Gasteiger partial charge < -0.3 is 10.2 Å². The number of amides is 2. The molecule has 130 valence electrons. The second-order valence-electron chi connectivity index (χ2n) is 7.62. The molecule has 2 amide bonds. The van der Waals surface area contributed by atoms with Gasteiger partial charge in [0.15, 0.2) is 0 Å². The number of piperidine rings is 1. The number of nitrogens with one attached hydrogen (secondary N) is 1. The summed E-state index contributed by atoms with van der Waals surface area (Å²) in [7, 11) is 0. The van der Waals surface area contributed by atoms with Gasteiger partial charge in [0.05, 0.1) is 0 Å². The van der Waals surface area contributed by atoms with E-state index in [1.807, 2.05) is 4.90 Å². The Labute approximate surface area is 144 Å². The fourth-order valence-corrected chi connectivity index (χ4v) is 4.23. The van der Waals surface area contributed by atoms with Crippen LogP contribution in [0.25, 0.3) is 0 Å². The number of rotatable bonds is 3. The van der Waals surface area contributed by atoms with Gasteiger partial charge in [0, 0.05) is 31.5 Å². The average Bonchev–Trinajstić information content (AvgIpc) is 2.54. The number of nitrogens with zero attached hydrogens (tertiary/aromatic N) is 1. The molecule has 1 aromatic carbocycles. The summed E-state index contributed by atoms with van der Waals surface area (Å²) < 4.78 is 0. The molecule has 4 nitrogen and oxygen atoms in total. The maximum atomic E-state index is 12.6. The number of benzene rings is 1. The van der Waals surface area contributed by atoms with Gasteiger partial charge in [0.2, 0.25) is 11.8 Å². The zero-order valence-electron chi connectivity index (χ0n) is 14.8. The van der Waals surface area contributed by atoms with E-state index in [0.717, 1.165) is 45.1 Å². The molecule has 1 N–H and O–H groups in total. The molecular formula is C20H28N2O2. The largest absolute Gasteiger partial charge is 0.351 e. The van der Waals surface area contributed by atoms with Gasteiger partial charge in [-0.25, -0.2) is 0 Å². The van der Waals surface area contributed by atoms with Crippen molar-refractivity contribution in [2.75, 3.05) is 6.54 Å². The van der Waals surface area contributed by atoms with E-state index in [-0.39, 0.29) is 23.4 Å². The standard InChI is InChI=1S/C20H28N2O2/c1-15(23)22-12-6-5-9-18(22)13-19(24)21-20(2)11-10-16-7-3-4-8-17(16)14-20/h3-4,7-8,18H,5-6,9-14H2,1-2H3,(H,21,24)/t18-,20-/m1/s1. The fourth-order valence-electron chi connectivity index (χ4n) is 4.23. The molecule has 2 atom stereocenters. The highest BCUT2D eigenvalue weighted by atomic mass is 16.2. The molecule has 0 spiro atoms. The summed E-state index contributed by atoms with van der Waals surface area (Å²) in [6.45, 7) is 4.54. The quantitative estimate of drug-likeness (QED) is 0.927. The van der Waals surface area contributed by atoms with E-state index in [2.05, 4.69) is 36.5 Å². The lowest BCUT2D eigenvalue weighted by Gasteiger charge is -2.38. The molecule has 0 aromatic heterocycles. The second kappa shape index (κ2) is 6.96. The molecule has 24 heavy (non-hydrogen) atoms. The highest BCUT2D eigenvalue weighted by molar-refractivity contribution is 5.79. The van der Waals surface area contributed by atoms with Gasteiger partial charge >= 0.3 is 0 Å². The first-order chi connectivity index (χ1) is 11.5. The SMILES string of the molecule is CC(=O)N1CCCC[C@@H]1CC(=O)N[C@]1(C)CCc2ccccc2C1. The van der Waals surface area contributed by atoms with Gasteiger partial charge in [-0.2, -0.15) is 0 Å². The van der Waals surface area contributed by atoms with E-state index >= 15 is 0 Å². The van der Waals surface area contributed by atoms with E-state index < -0.39 is 0 Å². The van der Waals surface area contributed by atoms with Crippen molar-refractivity contribution < 1.29 is 9.59 Å². The molecule has 1 fully saturated rings. The Bertz CT molecular complexity index is 628. The zero-order valence-corrected chi connectivity index (χ0v) is 14.8. The molecule has 4 heteroatoms. The van der Waals surface area contributed by atoms with Crippen molar-refractivity contribution in [2.24, 2.45) is 0 Å². The molecule has 1 saturated heterocycles. The molecular weight excluding hydrogens is 300 g/mol. The van der Waals surface area contributed by atoms with E-state index in [1.165, 1.54) is 11.1 Å². The van der Waals surface area contributed by atoms with Crippen LogP contribution < -0.4 is 5.32 Å². The van der Waals surface area contributed by atoms with Crippen LogP contribution in [0.2, 0.25) is 0 Å². The van der Waals surface area contributed by atoms with Crippen molar-refractivity contribution >= 4 is 11.8 Å². The molecule has 0 radical (unpaired) electrons. The van der Waals surface area contributed by atoms with Crippen LogP contribution in [0.1, 0.15) is 57.1 Å². The molecule has 0 saturated carbocycles.